The molecule has 140 valence electrons. The molecule has 1 aliphatic heterocycles. The molecule has 1 N–H and O–H groups in total. The fraction of sp³-hybridized carbons (Fsp3) is 0.381. The van der Waals surface area contributed by atoms with E-state index in [2.05, 4.69) is 0 Å². The molecule has 1 aliphatic carbocycles. The van der Waals surface area contributed by atoms with Crippen LogP contribution >= 0.6 is 0 Å². The van der Waals surface area contributed by atoms with Gasteiger partial charge in [-0.05, 0) is 54.5 Å². The standard InChI is InChI=1S/C21H22N2O4/c1-23-11-17-14-6-5-13(27-2)8-15(14)18(7-12-3-4-12)22-19(10-21(25)26)16(17)9-20(23)24/h5-6,8-9,11-12,19H,3-4,7,10H2,1-2H3,(H,25,26). The molecule has 0 bridgehead atoms. The van der Waals surface area contributed by atoms with E-state index in [1.54, 1.807) is 20.4 Å². The number of aliphatic carboxylic acids is 1. The third kappa shape index (κ3) is 3.39. The summed E-state index contributed by atoms with van der Waals surface area (Å²) in [6.07, 6.45) is 4.82. The van der Waals surface area contributed by atoms with Gasteiger partial charge in [0.05, 0.1) is 19.6 Å². The van der Waals surface area contributed by atoms with E-state index in [1.807, 2.05) is 18.2 Å². The first-order valence-electron chi connectivity index (χ1n) is 9.14. The molecular weight excluding hydrogens is 344 g/mol. The van der Waals surface area contributed by atoms with Crippen LogP contribution in [-0.2, 0) is 11.8 Å². The lowest BCUT2D eigenvalue weighted by Gasteiger charge is -2.15. The first-order chi connectivity index (χ1) is 13.0. The smallest absolute Gasteiger partial charge is 0.305 e. The highest BCUT2D eigenvalue weighted by Gasteiger charge is 2.30. The van der Waals surface area contributed by atoms with Gasteiger partial charge in [0.1, 0.15) is 5.75 Å². The third-order valence-corrected chi connectivity index (χ3v) is 5.31. The number of aromatic nitrogens is 1. The number of hydrogen-bond donors (Lipinski definition) is 1. The van der Waals surface area contributed by atoms with Gasteiger partial charge in [-0.25, -0.2) is 0 Å². The van der Waals surface area contributed by atoms with Gasteiger partial charge in [-0.3, -0.25) is 14.6 Å². The lowest BCUT2D eigenvalue weighted by molar-refractivity contribution is -0.137. The number of carboxylic acid groups (broad SMARTS) is 1. The van der Waals surface area contributed by atoms with Gasteiger partial charge < -0.3 is 14.4 Å². The van der Waals surface area contributed by atoms with E-state index in [1.165, 1.54) is 23.5 Å². The quantitative estimate of drug-likeness (QED) is 0.881. The fourth-order valence-corrected chi connectivity index (χ4v) is 3.68. The normalized spacial score (nSPS) is 18.1. The number of rotatable bonds is 5. The largest absolute Gasteiger partial charge is 0.497 e. The minimum atomic E-state index is -0.926. The van der Waals surface area contributed by atoms with Crippen LogP contribution in [0.4, 0.5) is 0 Å². The molecule has 1 atom stereocenters. The summed E-state index contributed by atoms with van der Waals surface area (Å²) >= 11 is 0. The molecule has 0 saturated heterocycles. The maximum absolute atomic E-state index is 12.3. The Hall–Kier alpha value is -2.89. The summed E-state index contributed by atoms with van der Waals surface area (Å²) in [4.78, 5) is 28.6. The summed E-state index contributed by atoms with van der Waals surface area (Å²) in [5.41, 5.74) is 4.21. The Kier molecular flexibility index (Phi) is 4.34. The Labute approximate surface area is 157 Å². The number of aryl methyl sites for hydroxylation is 1. The van der Waals surface area contributed by atoms with Crippen molar-refractivity contribution in [2.75, 3.05) is 7.11 Å². The number of nitrogens with zero attached hydrogens (tertiary/aromatic N) is 2. The SMILES string of the molecule is COc1ccc2c(c1)C(CC1CC1)=NC(CC(=O)O)c1cc(=O)n(C)cc1-2. The van der Waals surface area contributed by atoms with E-state index < -0.39 is 12.0 Å². The van der Waals surface area contributed by atoms with Crippen LogP contribution in [-0.4, -0.2) is 28.5 Å². The summed E-state index contributed by atoms with van der Waals surface area (Å²) in [6, 6.07) is 6.79. The van der Waals surface area contributed by atoms with Crippen LogP contribution in [0.15, 0.2) is 40.2 Å². The monoisotopic (exact) mass is 366 g/mol. The molecule has 1 fully saturated rings. The number of carbonyl (C=O) groups is 1. The van der Waals surface area contributed by atoms with Gasteiger partial charge in [-0.15, -0.1) is 0 Å². The second-order valence-electron chi connectivity index (χ2n) is 7.34. The van der Waals surface area contributed by atoms with Gasteiger partial charge in [0.15, 0.2) is 0 Å². The van der Waals surface area contributed by atoms with Crippen LogP contribution in [0.5, 0.6) is 5.75 Å². The van der Waals surface area contributed by atoms with Crippen LogP contribution in [0.3, 0.4) is 0 Å². The van der Waals surface area contributed by atoms with E-state index in [-0.39, 0.29) is 12.0 Å². The Morgan fingerprint density at radius 1 is 1.26 bits per heavy atom. The molecule has 1 saturated carbocycles. The Bertz CT molecular complexity index is 1000. The summed E-state index contributed by atoms with van der Waals surface area (Å²) in [5.74, 6) is 0.408. The minimum absolute atomic E-state index is 0.139. The molecule has 6 heteroatoms. The number of pyridine rings is 1. The maximum atomic E-state index is 12.3. The lowest BCUT2D eigenvalue weighted by Crippen LogP contribution is -2.18. The van der Waals surface area contributed by atoms with Crippen LogP contribution in [0.25, 0.3) is 11.1 Å². The molecule has 0 radical (unpaired) electrons. The number of ether oxygens (including phenoxy) is 1. The second-order valence-corrected chi connectivity index (χ2v) is 7.34. The average Bonchev–Trinajstić information content (AvgIpc) is 3.46. The lowest BCUT2D eigenvalue weighted by atomic mass is 9.92. The van der Waals surface area contributed by atoms with Gasteiger partial charge >= 0.3 is 5.97 Å². The zero-order chi connectivity index (χ0) is 19.1. The molecular formula is C21H22N2O4. The topological polar surface area (TPSA) is 80.9 Å². The number of methoxy groups -OCH3 is 1. The van der Waals surface area contributed by atoms with E-state index in [0.717, 1.165) is 34.6 Å². The number of hydrogen-bond acceptors (Lipinski definition) is 4. The first-order valence-corrected chi connectivity index (χ1v) is 9.14. The summed E-state index contributed by atoms with van der Waals surface area (Å²) in [6.45, 7) is 0. The highest BCUT2D eigenvalue weighted by molar-refractivity contribution is 6.08. The number of aliphatic imine (C=N–C) groups is 1. The predicted molar refractivity (Wildman–Crippen MR) is 103 cm³/mol. The Balaban J connectivity index is 1.98. The van der Waals surface area contributed by atoms with Crippen molar-refractivity contribution in [2.24, 2.45) is 18.0 Å². The molecule has 0 spiro atoms. The van der Waals surface area contributed by atoms with Crippen LogP contribution in [0, 0.1) is 5.92 Å². The van der Waals surface area contributed by atoms with Gasteiger partial charge in [0.25, 0.3) is 5.56 Å². The molecule has 0 amide bonds. The van der Waals surface area contributed by atoms with E-state index in [4.69, 9.17) is 9.73 Å². The van der Waals surface area contributed by atoms with Crippen molar-refractivity contribution in [3.05, 3.63) is 51.9 Å². The molecule has 2 aliphatic rings. The molecule has 4 rings (SSSR count). The van der Waals surface area contributed by atoms with Crippen molar-refractivity contribution < 1.29 is 14.6 Å². The van der Waals surface area contributed by atoms with Crippen molar-refractivity contribution in [3.8, 4) is 16.9 Å². The second kappa shape index (κ2) is 6.68. The molecule has 2 heterocycles. The van der Waals surface area contributed by atoms with Crippen molar-refractivity contribution in [1.29, 1.82) is 0 Å². The zero-order valence-corrected chi connectivity index (χ0v) is 15.4. The molecule has 1 aromatic carbocycles. The first kappa shape index (κ1) is 17.5. The minimum Gasteiger partial charge on any atom is -0.497 e. The molecule has 1 aromatic heterocycles. The van der Waals surface area contributed by atoms with E-state index >= 15 is 0 Å². The van der Waals surface area contributed by atoms with Crippen molar-refractivity contribution in [3.63, 3.8) is 0 Å². The third-order valence-electron chi connectivity index (χ3n) is 5.31. The summed E-state index contributed by atoms with van der Waals surface area (Å²) in [7, 11) is 3.33. The van der Waals surface area contributed by atoms with Crippen molar-refractivity contribution in [1.82, 2.24) is 4.57 Å². The molecule has 1 unspecified atom stereocenters. The average molecular weight is 366 g/mol. The molecule has 6 nitrogen and oxygen atoms in total. The van der Waals surface area contributed by atoms with Crippen LogP contribution < -0.4 is 10.3 Å². The van der Waals surface area contributed by atoms with E-state index in [0.29, 0.717) is 11.5 Å². The number of benzene rings is 1. The van der Waals surface area contributed by atoms with Crippen LogP contribution in [0.2, 0.25) is 0 Å². The van der Waals surface area contributed by atoms with Gasteiger partial charge in [0, 0.05) is 36.1 Å². The maximum Gasteiger partial charge on any atom is 0.305 e. The number of carboxylic acids is 1. The summed E-state index contributed by atoms with van der Waals surface area (Å²) < 4.78 is 6.93. The highest BCUT2D eigenvalue weighted by Crippen LogP contribution is 2.41. The molecule has 2 aromatic rings. The van der Waals surface area contributed by atoms with Crippen LogP contribution in [0.1, 0.15) is 42.9 Å². The molecule has 27 heavy (non-hydrogen) atoms. The van der Waals surface area contributed by atoms with Gasteiger partial charge in [0.2, 0.25) is 0 Å². The predicted octanol–water partition coefficient (Wildman–Crippen LogP) is 3.18. The van der Waals surface area contributed by atoms with Crippen molar-refractivity contribution >= 4 is 11.7 Å². The Morgan fingerprint density at radius 3 is 2.70 bits per heavy atom. The summed E-state index contributed by atoms with van der Waals surface area (Å²) in [5, 5.41) is 9.41. The Morgan fingerprint density at radius 2 is 2.04 bits per heavy atom. The fourth-order valence-electron chi connectivity index (χ4n) is 3.68. The van der Waals surface area contributed by atoms with Gasteiger partial charge in [-0.2, -0.15) is 0 Å². The highest BCUT2D eigenvalue weighted by atomic mass is 16.5. The van der Waals surface area contributed by atoms with Crippen molar-refractivity contribution in [2.45, 2.75) is 31.7 Å². The van der Waals surface area contributed by atoms with E-state index in [9.17, 15) is 14.7 Å². The zero-order valence-electron chi connectivity index (χ0n) is 15.4. The number of fused-ring (bicyclic) bond motifs is 3. The van der Waals surface area contributed by atoms with Gasteiger partial charge in [-0.1, -0.05) is 0 Å².